The fraction of sp³-hybridized carbons (Fsp3) is 0.500. The van der Waals surface area contributed by atoms with E-state index in [1.54, 1.807) is 15.8 Å². The molecule has 7 nitrogen and oxygen atoms in total. The predicted molar refractivity (Wildman–Crippen MR) is 98.9 cm³/mol. The van der Waals surface area contributed by atoms with Crippen molar-refractivity contribution < 1.29 is 14.3 Å². The molecule has 0 atom stereocenters. The van der Waals surface area contributed by atoms with Crippen molar-refractivity contribution in [2.75, 3.05) is 19.8 Å². The van der Waals surface area contributed by atoms with Gasteiger partial charge in [-0.2, -0.15) is 0 Å². The number of ether oxygens (including phenoxy) is 2. The Morgan fingerprint density at radius 2 is 1.92 bits per heavy atom. The standard InChI is InChI=1S/C18H25ClN4O3/c1-4-22(11-14-9-7-8-10-15(14)19)18(24)16-12-23(21-20-16)13-17(25-5-2)26-6-3/h7-10,12,17H,4-6,11,13H2,1-3H3. The quantitative estimate of drug-likeness (QED) is 0.592. The van der Waals surface area contributed by atoms with Gasteiger partial charge in [0.15, 0.2) is 12.0 Å². The summed E-state index contributed by atoms with van der Waals surface area (Å²) >= 11 is 6.20. The van der Waals surface area contributed by atoms with Crippen molar-refractivity contribution in [2.45, 2.75) is 40.2 Å². The first-order valence-corrected chi connectivity index (χ1v) is 9.12. The highest BCUT2D eigenvalue weighted by Crippen LogP contribution is 2.18. The number of amides is 1. The molecule has 2 aromatic rings. The highest BCUT2D eigenvalue weighted by atomic mass is 35.5. The van der Waals surface area contributed by atoms with E-state index in [0.717, 1.165) is 5.56 Å². The van der Waals surface area contributed by atoms with Crippen LogP contribution in [0.2, 0.25) is 5.02 Å². The third-order valence-corrected chi connectivity index (χ3v) is 4.16. The molecule has 142 valence electrons. The molecule has 0 saturated heterocycles. The van der Waals surface area contributed by atoms with E-state index in [1.165, 1.54) is 0 Å². The van der Waals surface area contributed by atoms with Crippen LogP contribution in [-0.2, 0) is 22.6 Å². The first-order valence-electron chi connectivity index (χ1n) is 8.75. The number of hydrogen-bond acceptors (Lipinski definition) is 5. The second-order valence-corrected chi connectivity index (χ2v) is 5.98. The van der Waals surface area contributed by atoms with Gasteiger partial charge in [0, 0.05) is 31.3 Å². The maximum Gasteiger partial charge on any atom is 0.276 e. The second-order valence-electron chi connectivity index (χ2n) is 5.58. The first kappa shape index (κ1) is 20.4. The van der Waals surface area contributed by atoms with Gasteiger partial charge in [-0.1, -0.05) is 35.0 Å². The molecule has 1 aromatic heterocycles. The summed E-state index contributed by atoms with van der Waals surface area (Å²) in [5.74, 6) is -0.192. The number of benzene rings is 1. The summed E-state index contributed by atoms with van der Waals surface area (Å²) in [5, 5.41) is 8.65. The first-order chi connectivity index (χ1) is 12.6. The highest BCUT2D eigenvalue weighted by Gasteiger charge is 2.20. The van der Waals surface area contributed by atoms with Crippen molar-refractivity contribution in [3.05, 3.63) is 46.7 Å². The molecular weight excluding hydrogens is 356 g/mol. The molecule has 0 aliphatic carbocycles. The van der Waals surface area contributed by atoms with Crippen LogP contribution in [0.4, 0.5) is 0 Å². The Labute approximate surface area is 158 Å². The number of aromatic nitrogens is 3. The van der Waals surface area contributed by atoms with Crippen LogP contribution in [0.1, 0.15) is 36.8 Å². The molecule has 0 fully saturated rings. The van der Waals surface area contributed by atoms with Crippen LogP contribution in [0, 0.1) is 0 Å². The Morgan fingerprint density at radius 1 is 1.23 bits per heavy atom. The smallest absolute Gasteiger partial charge is 0.276 e. The van der Waals surface area contributed by atoms with E-state index in [4.69, 9.17) is 21.1 Å². The molecule has 1 heterocycles. The van der Waals surface area contributed by atoms with Crippen molar-refractivity contribution >= 4 is 17.5 Å². The molecule has 0 saturated carbocycles. The number of rotatable bonds is 10. The average Bonchev–Trinajstić information content (AvgIpc) is 3.09. The number of carbonyl (C=O) groups excluding carboxylic acids is 1. The van der Waals surface area contributed by atoms with Gasteiger partial charge >= 0.3 is 0 Å². The van der Waals surface area contributed by atoms with E-state index in [0.29, 0.717) is 37.9 Å². The monoisotopic (exact) mass is 380 g/mol. The minimum absolute atomic E-state index is 0.192. The third kappa shape index (κ3) is 5.52. The van der Waals surface area contributed by atoms with Crippen LogP contribution >= 0.6 is 11.6 Å². The van der Waals surface area contributed by atoms with E-state index in [9.17, 15) is 4.79 Å². The Morgan fingerprint density at radius 3 is 2.54 bits per heavy atom. The third-order valence-electron chi connectivity index (χ3n) is 3.79. The topological polar surface area (TPSA) is 69.5 Å². The van der Waals surface area contributed by atoms with Gasteiger partial charge in [0.2, 0.25) is 0 Å². The zero-order chi connectivity index (χ0) is 18.9. The number of nitrogens with zero attached hydrogens (tertiary/aromatic N) is 4. The van der Waals surface area contributed by atoms with Gasteiger partial charge in [-0.25, -0.2) is 4.68 Å². The summed E-state index contributed by atoms with van der Waals surface area (Å²) in [7, 11) is 0. The van der Waals surface area contributed by atoms with Gasteiger partial charge in [0.05, 0.1) is 12.7 Å². The molecule has 0 aliphatic heterocycles. The van der Waals surface area contributed by atoms with Crippen LogP contribution in [0.5, 0.6) is 0 Å². The normalized spacial score (nSPS) is 11.1. The fourth-order valence-corrected chi connectivity index (χ4v) is 2.68. The molecule has 1 amide bonds. The lowest BCUT2D eigenvalue weighted by Gasteiger charge is -2.20. The van der Waals surface area contributed by atoms with E-state index in [1.807, 2.05) is 45.0 Å². The maximum absolute atomic E-state index is 12.7. The Bertz CT molecular complexity index is 701. The summed E-state index contributed by atoms with van der Waals surface area (Å²) in [5.41, 5.74) is 1.18. The van der Waals surface area contributed by atoms with Gasteiger partial charge in [-0.15, -0.1) is 5.10 Å². The molecular formula is C18H25ClN4O3. The van der Waals surface area contributed by atoms with Crippen LogP contribution in [0.25, 0.3) is 0 Å². The molecule has 0 radical (unpaired) electrons. The zero-order valence-corrected chi connectivity index (χ0v) is 16.1. The number of hydrogen-bond donors (Lipinski definition) is 0. The Hall–Kier alpha value is -1.96. The van der Waals surface area contributed by atoms with Crippen LogP contribution in [-0.4, -0.2) is 51.8 Å². The van der Waals surface area contributed by atoms with Crippen molar-refractivity contribution in [1.29, 1.82) is 0 Å². The van der Waals surface area contributed by atoms with E-state index in [-0.39, 0.29) is 11.6 Å². The minimum atomic E-state index is -0.417. The Balaban J connectivity index is 2.06. The Kier molecular flexibility index (Phi) is 8.03. The van der Waals surface area contributed by atoms with Gasteiger partial charge in [0.25, 0.3) is 5.91 Å². The van der Waals surface area contributed by atoms with Crippen molar-refractivity contribution in [3.8, 4) is 0 Å². The number of halogens is 1. The van der Waals surface area contributed by atoms with Crippen LogP contribution in [0.3, 0.4) is 0 Å². The zero-order valence-electron chi connectivity index (χ0n) is 15.4. The minimum Gasteiger partial charge on any atom is -0.351 e. The van der Waals surface area contributed by atoms with Crippen molar-refractivity contribution in [2.24, 2.45) is 0 Å². The molecule has 8 heteroatoms. The second kappa shape index (κ2) is 10.3. The maximum atomic E-state index is 12.7. The van der Waals surface area contributed by atoms with Gasteiger partial charge in [0.1, 0.15) is 0 Å². The van der Waals surface area contributed by atoms with Gasteiger partial charge in [-0.3, -0.25) is 4.79 Å². The van der Waals surface area contributed by atoms with Crippen LogP contribution in [0.15, 0.2) is 30.5 Å². The van der Waals surface area contributed by atoms with Crippen molar-refractivity contribution in [3.63, 3.8) is 0 Å². The van der Waals surface area contributed by atoms with E-state index >= 15 is 0 Å². The molecule has 0 bridgehead atoms. The summed E-state index contributed by atoms with van der Waals surface area (Å²) < 4.78 is 12.6. The molecule has 26 heavy (non-hydrogen) atoms. The fourth-order valence-electron chi connectivity index (χ4n) is 2.49. The molecule has 0 unspecified atom stereocenters. The van der Waals surface area contributed by atoms with E-state index in [2.05, 4.69) is 10.3 Å². The lowest BCUT2D eigenvalue weighted by molar-refractivity contribution is -0.145. The largest absolute Gasteiger partial charge is 0.351 e. The predicted octanol–water partition coefficient (Wildman–Crippen LogP) is 2.99. The lowest BCUT2D eigenvalue weighted by Crippen LogP contribution is -2.30. The molecule has 0 N–H and O–H groups in total. The SMILES string of the molecule is CCOC(Cn1cc(C(=O)N(CC)Cc2ccccc2Cl)nn1)OCC. The van der Waals surface area contributed by atoms with Crippen LogP contribution < -0.4 is 0 Å². The average molecular weight is 381 g/mol. The number of carbonyl (C=O) groups is 1. The summed E-state index contributed by atoms with van der Waals surface area (Å²) in [6, 6.07) is 7.48. The molecule has 0 aliphatic rings. The summed E-state index contributed by atoms with van der Waals surface area (Å²) in [6.07, 6.45) is 1.20. The summed E-state index contributed by atoms with van der Waals surface area (Å²) in [6.45, 7) is 8.11. The molecule has 0 spiro atoms. The molecule has 2 rings (SSSR count). The lowest BCUT2D eigenvalue weighted by atomic mass is 10.2. The molecule has 1 aromatic carbocycles. The highest BCUT2D eigenvalue weighted by molar-refractivity contribution is 6.31. The van der Waals surface area contributed by atoms with Crippen molar-refractivity contribution in [1.82, 2.24) is 19.9 Å². The van der Waals surface area contributed by atoms with E-state index < -0.39 is 6.29 Å². The summed E-state index contributed by atoms with van der Waals surface area (Å²) in [4.78, 5) is 14.4. The van der Waals surface area contributed by atoms with Gasteiger partial charge in [-0.05, 0) is 32.4 Å². The van der Waals surface area contributed by atoms with Gasteiger partial charge < -0.3 is 14.4 Å².